The molecule has 0 aliphatic heterocycles. The van der Waals surface area contributed by atoms with E-state index in [-0.39, 0.29) is 12.4 Å². The van der Waals surface area contributed by atoms with Gasteiger partial charge >= 0.3 is 5.97 Å². The number of carbonyl (C=O) groups excluding carboxylic acids is 1. The number of aryl methyl sites for hydroxylation is 3. The van der Waals surface area contributed by atoms with Crippen LogP contribution in [0.5, 0.6) is 5.75 Å². The molecule has 0 aliphatic rings. The molecule has 0 unspecified atom stereocenters. The SMILES string of the molecule is Cc1cccc(OC(=O)CCc2c(C)nc3ncnn3c2C)c1. The van der Waals surface area contributed by atoms with Crippen LogP contribution in [0.15, 0.2) is 30.6 Å². The number of hydrogen-bond acceptors (Lipinski definition) is 5. The summed E-state index contributed by atoms with van der Waals surface area (Å²) in [5.74, 6) is 0.896. The second-order valence-corrected chi connectivity index (χ2v) is 5.52. The summed E-state index contributed by atoms with van der Waals surface area (Å²) in [4.78, 5) is 20.6. The zero-order valence-corrected chi connectivity index (χ0v) is 13.4. The minimum Gasteiger partial charge on any atom is -0.427 e. The molecule has 0 N–H and O–H groups in total. The summed E-state index contributed by atoms with van der Waals surface area (Å²) in [5, 5.41) is 4.15. The normalized spacial score (nSPS) is 10.9. The van der Waals surface area contributed by atoms with E-state index in [9.17, 15) is 4.79 Å². The smallest absolute Gasteiger partial charge is 0.311 e. The van der Waals surface area contributed by atoms with Crippen molar-refractivity contribution in [2.24, 2.45) is 0 Å². The van der Waals surface area contributed by atoms with Gasteiger partial charge in [-0.05, 0) is 50.5 Å². The van der Waals surface area contributed by atoms with Crippen molar-refractivity contribution in [1.29, 1.82) is 0 Å². The Morgan fingerprint density at radius 3 is 2.87 bits per heavy atom. The summed E-state index contributed by atoms with van der Waals surface area (Å²) in [7, 11) is 0. The predicted molar refractivity (Wildman–Crippen MR) is 85.4 cm³/mol. The molecule has 2 aromatic heterocycles. The van der Waals surface area contributed by atoms with E-state index < -0.39 is 0 Å². The molecular formula is C17H18N4O2. The molecule has 0 radical (unpaired) electrons. The van der Waals surface area contributed by atoms with E-state index in [1.165, 1.54) is 6.33 Å². The number of esters is 1. The Labute approximate surface area is 134 Å². The molecule has 0 spiro atoms. The van der Waals surface area contributed by atoms with Gasteiger partial charge in [-0.2, -0.15) is 10.1 Å². The highest BCUT2D eigenvalue weighted by Crippen LogP contribution is 2.17. The Kier molecular flexibility index (Phi) is 4.06. The molecule has 0 amide bonds. The highest BCUT2D eigenvalue weighted by atomic mass is 16.5. The molecule has 23 heavy (non-hydrogen) atoms. The zero-order chi connectivity index (χ0) is 16.4. The lowest BCUT2D eigenvalue weighted by Crippen LogP contribution is -2.12. The number of nitrogens with zero attached hydrogens (tertiary/aromatic N) is 4. The number of ether oxygens (including phenoxy) is 1. The zero-order valence-electron chi connectivity index (χ0n) is 13.4. The van der Waals surface area contributed by atoms with Gasteiger partial charge in [0, 0.05) is 11.4 Å². The van der Waals surface area contributed by atoms with E-state index in [1.807, 2.05) is 39.0 Å². The average molecular weight is 310 g/mol. The molecule has 0 fully saturated rings. The monoisotopic (exact) mass is 310 g/mol. The Morgan fingerprint density at radius 2 is 2.09 bits per heavy atom. The van der Waals surface area contributed by atoms with E-state index in [4.69, 9.17) is 4.74 Å². The molecule has 0 saturated heterocycles. The standard InChI is InChI=1S/C17H18N4O2/c1-11-5-4-6-14(9-11)23-16(22)8-7-15-12(2)20-17-18-10-19-21(17)13(15)3/h4-6,9-10H,7-8H2,1-3H3. The molecule has 0 bridgehead atoms. The number of benzene rings is 1. The first-order valence-corrected chi connectivity index (χ1v) is 7.48. The van der Waals surface area contributed by atoms with Gasteiger partial charge in [0.25, 0.3) is 5.78 Å². The Morgan fingerprint density at radius 1 is 1.26 bits per heavy atom. The van der Waals surface area contributed by atoms with Crippen molar-refractivity contribution >= 4 is 11.7 Å². The van der Waals surface area contributed by atoms with Crippen LogP contribution in [0.2, 0.25) is 0 Å². The first kappa shape index (κ1) is 15.1. The Balaban J connectivity index is 1.72. The van der Waals surface area contributed by atoms with Gasteiger partial charge in [0.2, 0.25) is 0 Å². The molecular weight excluding hydrogens is 292 g/mol. The van der Waals surface area contributed by atoms with Crippen molar-refractivity contribution in [1.82, 2.24) is 19.6 Å². The van der Waals surface area contributed by atoms with Gasteiger partial charge in [-0.25, -0.2) is 9.50 Å². The van der Waals surface area contributed by atoms with Crippen molar-refractivity contribution in [3.63, 3.8) is 0 Å². The van der Waals surface area contributed by atoms with Crippen LogP contribution >= 0.6 is 0 Å². The lowest BCUT2D eigenvalue weighted by atomic mass is 10.1. The maximum atomic E-state index is 12.1. The topological polar surface area (TPSA) is 69.4 Å². The number of rotatable bonds is 4. The molecule has 6 heteroatoms. The quantitative estimate of drug-likeness (QED) is 0.547. The van der Waals surface area contributed by atoms with Gasteiger partial charge in [0.1, 0.15) is 12.1 Å². The Hall–Kier alpha value is -2.76. The molecule has 1 aromatic carbocycles. The van der Waals surface area contributed by atoms with Crippen molar-refractivity contribution in [2.45, 2.75) is 33.6 Å². The highest BCUT2D eigenvalue weighted by Gasteiger charge is 2.13. The van der Waals surface area contributed by atoms with Gasteiger partial charge < -0.3 is 4.74 Å². The van der Waals surface area contributed by atoms with E-state index in [1.54, 1.807) is 10.6 Å². The minimum atomic E-state index is -0.256. The number of fused-ring (bicyclic) bond motifs is 1. The van der Waals surface area contributed by atoms with Crippen LogP contribution in [-0.4, -0.2) is 25.6 Å². The van der Waals surface area contributed by atoms with Crippen LogP contribution in [0.25, 0.3) is 5.78 Å². The summed E-state index contributed by atoms with van der Waals surface area (Å²) >= 11 is 0. The third-order valence-corrected chi connectivity index (χ3v) is 3.79. The summed E-state index contributed by atoms with van der Waals surface area (Å²) < 4.78 is 7.06. The van der Waals surface area contributed by atoms with Gasteiger partial charge in [-0.15, -0.1) is 0 Å². The maximum Gasteiger partial charge on any atom is 0.311 e. The van der Waals surface area contributed by atoms with Crippen LogP contribution in [0.4, 0.5) is 0 Å². The minimum absolute atomic E-state index is 0.256. The largest absolute Gasteiger partial charge is 0.427 e. The van der Waals surface area contributed by atoms with Crippen LogP contribution in [0, 0.1) is 20.8 Å². The third-order valence-electron chi connectivity index (χ3n) is 3.79. The first-order chi connectivity index (χ1) is 11.0. The van der Waals surface area contributed by atoms with Crippen LogP contribution < -0.4 is 4.74 Å². The number of hydrogen-bond donors (Lipinski definition) is 0. The summed E-state index contributed by atoms with van der Waals surface area (Å²) in [5.41, 5.74) is 3.88. The second-order valence-electron chi connectivity index (χ2n) is 5.52. The molecule has 3 aromatic rings. The molecule has 0 atom stereocenters. The van der Waals surface area contributed by atoms with E-state index in [0.717, 1.165) is 22.5 Å². The van der Waals surface area contributed by atoms with Gasteiger partial charge in [-0.1, -0.05) is 12.1 Å². The average Bonchev–Trinajstić information content (AvgIpc) is 2.95. The first-order valence-electron chi connectivity index (χ1n) is 7.48. The molecule has 0 aliphatic carbocycles. The van der Waals surface area contributed by atoms with Crippen LogP contribution in [-0.2, 0) is 11.2 Å². The summed E-state index contributed by atoms with van der Waals surface area (Å²) in [6.07, 6.45) is 2.33. The fourth-order valence-electron chi connectivity index (χ4n) is 2.61. The highest BCUT2D eigenvalue weighted by molar-refractivity contribution is 5.72. The summed E-state index contributed by atoms with van der Waals surface area (Å²) in [6, 6.07) is 7.46. The second kappa shape index (κ2) is 6.16. The van der Waals surface area contributed by atoms with Gasteiger partial charge in [0.05, 0.1) is 6.42 Å². The molecule has 2 heterocycles. The van der Waals surface area contributed by atoms with Crippen molar-refractivity contribution in [2.75, 3.05) is 0 Å². The Bertz CT molecular complexity index is 870. The maximum absolute atomic E-state index is 12.1. The van der Waals surface area contributed by atoms with E-state index >= 15 is 0 Å². The lowest BCUT2D eigenvalue weighted by molar-refractivity contribution is -0.134. The number of aromatic nitrogens is 4. The van der Waals surface area contributed by atoms with Crippen molar-refractivity contribution in [3.8, 4) is 5.75 Å². The van der Waals surface area contributed by atoms with E-state index in [0.29, 0.717) is 17.9 Å². The molecule has 3 rings (SSSR count). The van der Waals surface area contributed by atoms with Crippen LogP contribution in [0.3, 0.4) is 0 Å². The van der Waals surface area contributed by atoms with Gasteiger partial charge in [-0.3, -0.25) is 4.79 Å². The van der Waals surface area contributed by atoms with Crippen LogP contribution in [0.1, 0.15) is 28.9 Å². The number of carbonyl (C=O) groups is 1. The van der Waals surface area contributed by atoms with Gasteiger partial charge in [0.15, 0.2) is 0 Å². The molecule has 0 saturated carbocycles. The third kappa shape index (κ3) is 3.21. The predicted octanol–water partition coefficient (Wildman–Crippen LogP) is 2.59. The lowest BCUT2D eigenvalue weighted by Gasteiger charge is -2.10. The fourth-order valence-corrected chi connectivity index (χ4v) is 2.61. The van der Waals surface area contributed by atoms with Crippen molar-refractivity contribution in [3.05, 3.63) is 53.1 Å². The molecule has 118 valence electrons. The van der Waals surface area contributed by atoms with Crippen molar-refractivity contribution < 1.29 is 9.53 Å². The fraction of sp³-hybridized carbons (Fsp3) is 0.294. The van der Waals surface area contributed by atoms with E-state index in [2.05, 4.69) is 15.1 Å². The molecule has 6 nitrogen and oxygen atoms in total. The summed E-state index contributed by atoms with van der Waals surface area (Å²) in [6.45, 7) is 5.84.